The van der Waals surface area contributed by atoms with Crippen LogP contribution in [0, 0.1) is 5.92 Å². The molecule has 140 valence electrons. The molecule has 1 unspecified atom stereocenters. The van der Waals surface area contributed by atoms with Crippen molar-refractivity contribution in [1.82, 2.24) is 0 Å². The van der Waals surface area contributed by atoms with Gasteiger partial charge in [-0.15, -0.1) is 0 Å². The molecule has 0 aromatic carbocycles. The molecule has 0 amide bonds. The highest BCUT2D eigenvalue weighted by Gasteiger charge is 2.14. The fourth-order valence-electron chi connectivity index (χ4n) is 3.38. The second kappa shape index (κ2) is 12.1. The molecule has 0 aromatic heterocycles. The summed E-state index contributed by atoms with van der Waals surface area (Å²) in [5, 5.41) is 0. The van der Waals surface area contributed by atoms with Crippen molar-refractivity contribution < 1.29 is 0 Å². The molecule has 0 bridgehead atoms. The highest BCUT2D eigenvalue weighted by molar-refractivity contribution is 5.13. The molecule has 0 spiro atoms. The van der Waals surface area contributed by atoms with Crippen molar-refractivity contribution in [2.24, 2.45) is 5.92 Å². The van der Waals surface area contributed by atoms with Crippen LogP contribution >= 0.6 is 0 Å². The second-order valence-corrected chi connectivity index (χ2v) is 8.18. The Balaban J connectivity index is 2.23. The third kappa shape index (κ3) is 10.3. The van der Waals surface area contributed by atoms with E-state index >= 15 is 0 Å². The number of allylic oxidation sites excluding steroid dienone is 9. The fraction of sp³-hybridized carbons (Fsp3) is 0.600. The average molecular weight is 341 g/mol. The van der Waals surface area contributed by atoms with Gasteiger partial charge in [-0.2, -0.15) is 0 Å². The van der Waals surface area contributed by atoms with Gasteiger partial charge in [0.15, 0.2) is 0 Å². The fourth-order valence-corrected chi connectivity index (χ4v) is 3.38. The molecule has 0 N–H and O–H groups in total. The molecule has 0 heteroatoms. The van der Waals surface area contributed by atoms with Gasteiger partial charge in [0.05, 0.1) is 0 Å². The van der Waals surface area contributed by atoms with E-state index in [9.17, 15) is 0 Å². The number of rotatable bonds is 10. The second-order valence-electron chi connectivity index (χ2n) is 8.18. The minimum atomic E-state index is 0.726. The quantitative estimate of drug-likeness (QED) is 0.350. The summed E-state index contributed by atoms with van der Waals surface area (Å²) >= 11 is 0. The minimum Gasteiger partial charge on any atom is -0.0996 e. The van der Waals surface area contributed by atoms with Crippen LogP contribution in [0.1, 0.15) is 92.4 Å². The largest absolute Gasteiger partial charge is 0.0996 e. The van der Waals surface area contributed by atoms with Crippen LogP contribution in [-0.4, -0.2) is 0 Å². The van der Waals surface area contributed by atoms with Crippen LogP contribution < -0.4 is 0 Å². The van der Waals surface area contributed by atoms with Crippen molar-refractivity contribution in [2.45, 2.75) is 92.4 Å². The lowest BCUT2D eigenvalue weighted by Gasteiger charge is -2.22. The molecule has 0 nitrogen and oxygen atoms in total. The zero-order valence-electron chi connectivity index (χ0n) is 17.5. The van der Waals surface area contributed by atoms with Crippen molar-refractivity contribution in [2.75, 3.05) is 0 Å². The summed E-state index contributed by atoms with van der Waals surface area (Å²) in [5.41, 5.74) is 7.50. The lowest BCUT2D eigenvalue weighted by Crippen LogP contribution is -2.07. The summed E-state index contributed by atoms with van der Waals surface area (Å²) < 4.78 is 0. The van der Waals surface area contributed by atoms with Crippen LogP contribution in [0.4, 0.5) is 0 Å². The molecule has 1 atom stereocenters. The van der Waals surface area contributed by atoms with Crippen molar-refractivity contribution in [3.05, 3.63) is 58.7 Å². The molecule has 0 saturated carbocycles. The molecule has 1 rings (SSSR count). The van der Waals surface area contributed by atoms with Crippen molar-refractivity contribution in [1.29, 1.82) is 0 Å². The first-order chi connectivity index (χ1) is 11.9. The molecule has 0 radical (unpaired) electrons. The normalized spacial score (nSPS) is 18.8. The van der Waals surface area contributed by atoms with Gasteiger partial charge < -0.3 is 0 Å². The SMILES string of the molecule is C=C(CCC=C(C)CCC=C(C)CCC=C(C)C)C1CC=C(C)CC1. The first-order valence-corrected chi connectivity index (χ1v) is 10.2. The molecule has 0 fully saturated rings. The monoisotopic (exact) mass is 340 g/mol. The molecule has 0 aliphatic heterocycles. The topological polar surface area (TPSA) is 0 Å². The summed E-state index contributed by atoms with van der Waals surface area (Å²) in [6, 6.07) is 0. The van der Waals surface area contributed by atoms with E-state index < -0.39 is 0 Å². The number of hydrogen-bond donors (Lipinski definition) is 0. The van der Waals surface area contributed by atoms with Crippen molar-refractivity contribution >= 4 is 0 Å². The van der Waals surface area contributed by atoms with Crippen LogP contribution in [0.3, 0.4) is 0 Å². The Labute approximate surface area is 157 Å². The summed E-state index contributed by atoms with van der Waals surface area (Å²) in [7, 11) is 0. The molecule has 25 heavy (non-hydrogen) atoms. The zero-order valence-corrected chi connectivity index (χ0v) is 17.5. The Bertz CT molecular complexity index is 532. The summed E-state index contributed by atoms with van der Waals surface area (Å²) in [6.07, 6.45) is 20.4. The van der Waals surface area contributed by atoms with Crippen LogP contribution in [-0.2, 0) is 0 Å². The van der Waals surface area contributed by atoms with E-state index in [0.717, 1.165) is 18.8 Å². The van der Waals surface area contributed by atoms with Crippen LogP contribution in [0.25, 0.3) is 0 Å². The van der Waals surface area contributed by atoms with Gasteiger partial charge in [-0.3, -0.25) is 0 Å². The van der Waals surface area contributed by atoms with E-state index in [2.05, 4.69) is 65.5 Å². The highest BCUT2D eigenvalue weighted by atomic mass is 14.2. The van der Waals surface area contributed by atoms with Gasteiger partial charge in [0.25, 0.3) is 0 Å². The smallest absolute Gasteiger partial charge is 0.0168 e. The number of hydrogen-bond acceptors (Lipinski definition) is 0. The molecular weight excluding hydrogens is 300 g/mol. The molecule has 0 heterocycles. The van der Waals surface area contributed by atoms with Gasteiger partial charge in [0, 0.05) is 0 Å². The Kier molecular flexibility index (Phi) is 10.5. The Morgan fingerprint density at radius 3 is 2.04 bits per heavy atom. The average Bonchev–Trinajstić information content (AvgIpc) is 2.55. The standard InChI is InChI=1S/C25H40/c1-20(2)10-7-11-21(3)12-8-13-22(4)14-9-15-24(6)25-18-16-23(5)17-19-25/h10,12,14,16,25H,6-9,11,13,15,17-19H2,1-5H3. The molecule has 1 aliphatic carbocycles. The van der Waals surface area contributed by atoms with Gasteiger partial charge in [0.2, 0.25) is 0 Å². The maximum atomic E-state index is 4.35. The lowest BCUT2D eigenvalue weighted by molar-refractivity contribution is 0.523. The Morgan fingerprint density at radius 1 is 0.960 bits per heavy atom. The van der Waals surface area contributed by atoms with E-state index in [-0.39, 0.29) is 0 Å². The van der Waals surface area contributed by atoms with Gasteiger partial charge in [-0.25, -0.2) is 0 Å². The van der Waals surface area contributed by atoms with Gasteiger partial charge in [-0.05, 0) is 98.3 Å². The van der Waals surface area contributed by atoms with E-state index in [1.807, 2.05) is 0 Å². The predicted octanol–water partition coefficient (Wildman–Crippen LogP) is 8.49. The van der Waals surface area contributed by atoms with E-state index in [4.69, 9.17) is 0 Å². The minimum absolute atomic E-state index is 0.726. The first-order valence-electron chi connectivity index (χ1n) is 10.2. The summed E-state index contributed by atoms with van der Waals surface area (Å²) in [6.45, 7) is 15.5. The Morgan fingerprint density at radius 2 is 1.52 bits per heavy atom. The molecule has 1 aliphatic rings. The van der Waals surface area contributed by atoms with E-state index in [0.29, 0.717) is 0 Å². The summed E-state index contributed by atoms with van der Waals surface area (Å²) in [4.78, 5) is 0. The van der Waals surface area contributed by atoms with Crippen molar-refractivity contribution in [3.63, 3.8) is 0 Å². The molecule has 0 aromatic rings. The van der Waals surface area contributed by atoms with Gasteiger partial charge in [-0.1, -0.05) is 58.7 Å². The molecule has 0 saturated heterocycles. The third-order valence-electron chi connectivity index (χ3n) is 5.30. The molecular formula is C25H40. The van der Waals surface area contributed by atoms with Crippen LogP contribution in [0.5, 0.6) is 0 Å². The van der Waals surface area contributed by atoms with Crippen molar-refractivity contribution in [3.8, 4) is 0 Å². The predicted molar refractivity (Wildman–Crippen MR) is 115 cm³/mol. The van der Waals surface area contributed by atoms with Crippen LogP contribution in [0.15, 0.2) is 58.7 Å². The summed E-state index contributed by atoms with van der Waals surface area (Å²) in [5.74, 6) is 0.726. The third-order valence-corrected chi connectivity index (χ3v) is 5.30. The van der Waals surface area contributed by atoms with E-state index in [1.165, 1.54) is 67.2 Å². The van der Waals surface area contributed by atoms with Gasteiger partial charge >= 0.3 is 0 Å². The van der Waals surface area contributed by atoms with Gasteiger partial charge in [0.1, 0.15) is 0 Å². The Hall–Kier alpha value is -1.30. The first kappa shape index (κ1) is 21.7. The highest BCUT2D eigenvalue weighted by Crippen LogP contribution is 2.30. The van der Waals surface area contributed by atoms with E-state index in [1.54, 1.807) is 5.57 Å². The van der Waals surface area contributed by atoms with Crippen LogP contribution in [0.2, 0.25) is 0 Å². The lowest BCUT2D eigenvalue weighted by atomic mass is 9.83. The maximum Gasteiger partial charge on any atom is -0.0168 e. The zero-order chi connectivity index (χ0) is 18.7. The maximum absolute atomic E-state index is 4.35.